The number of ether oxygens (including phenoxy) is 2. The number of nitrogens with zero attached hydrogens (tertiary/aromatic N) is 3. The number of carbonyl (C=O) groups is 1. The Morgan fingerprint density at radius 1 is 1.16 bits per heavy atom. The molecule has 0 atom stereocenters. The summed E-state index contributed by atoms with van der Waals surface area (Å²) in [5, 5.41) is 6.81. The fourth-order valence-electron chi connectivity index (χ4n) is 3.50. The van der Waals surface area contributed by atoms with E-state index in [2.05, 4.69) is 15.2 Å². The van der Waals surface area contributed by atoms with Crippen LogP contribution in [0.15, 0.2) is 47.8 Å². The van der Waals surface area contributed by atoms with Gasteiger partial charge in [0.05, 0.1) is 42.7 Å². The number of benzene rings is 2. The molecular weight excluding hydrogens is 444 g/mol. The van der Waals surface area contributed by atoms with E-state index in [-0.39, 0.29) is 12.3 Å². The van der Waals surface area contributed by atoms with Crippen LogP contribution in [0.1, 0.15) is 5.69 Å². The first kappa shape index (κ1) is 20.9. The molecule has 7 nitrogen and oxygen atoms in total. The Kier molecular flexibility index (Phi) is 6.02. The number of hydrogen-bond donors (Lipinski definition) is 1. The van der Waals surface area contributed by atoms with Gasteiger partial charge in [-0.2, -0.15) is 0 Å². The van der Waals surface area contributed by atoms with Crippen LogP contribution in [0.5, 0.6) is 5.75 Å². The summed E-state index contributed by atoms with van der Waals surface area (Å²) in [4.78, 5) is 24.2. The second kappa shape index (κ2) is 9.23. The molecule has 1 N–H and O–H groups in total. The Labute approximate surface area is 193 Å². The molecule has 3 heterocycles. The summed E-state index contributed by atoms with van der Waals surface area (Å²) in [6.07, 6.45) is 0.229. The number of thiazole rings is 2. The zero-order valence-corrected chi connectivity index (χ0v) is 19.2. The number of methoxy groups -OCH3 is 1. The molecule has 1 amide bonds. The average molecular weight is 467 g/mol. The first-order valence-electron chi connectivity index (χ1n) is 10.3. The third-order valence-corrected chi connectivity index (χ3v) is 7.19. The van der Waals surface area contributed by atoms with E-state index in [1.165, 1.54) is 11.3 Å². The van der Waals surface area contributed by atoms with Gasteiger partial charge in [-0.15, -0.1) is 11.3 Å². The fourth-order valence-corrected chi connectivity index (χ4v) is 5.39. The van der Waals surface area contributed by atoms with E-state index in [4.69, 9.17) is 14.5 Å². The lowest BCUT2D eigenvalue weighted by molar-refractivity contribution is -0.115. The van der Waals surface area contributed by atoms with Crippen molar-refractivity contribution in [2.24, 2.45) is 0 Å². The molecule has 9 heteroatoms. The van der Waals surface area contributed by atoms with Gasteiger partial charge in [0.25, 0.3) is 0 Å². The highest BCUT2D eigenvalue weighted by Gasteiger charge is 2.16. The SMILES string of the molecule is COc1ccc(-c2nc(CC(=O)Nc3ccc4nc(N5CCOCC5)sc4c3)cs2)cc1. The molecule has 32 heavy (non-hydrogen) atoms. The van der Waals surface area contributed by atoms with Crippen LogP contribution < -0.4 is 15.0 Å². The van der Waals surface area contributed by atoms with Gasteiger partial charge in [-0.1, -0.05) is 11.3 Å². The molecule has 1 fully saturated rings. The maximum absolute atomic E-state index is 12.6. The third-order valence-electron chi connectivity index (χ3n) is 5.17. The van der Waals surface area contributed by atoms with Crippen LogP contribution in [0, 0.1) is 0 Å². The normalized spacial score (nSPS) is 14.0. The second-order valence-corrected chi connectivity index (χ2v) is 9.24. The Morgan fingerprint density at radius 3 is 2.75 bits per heavy atom. The molecule has 4 aromatic rings. The molecule has 1 aliphatic rings. The Bertz CT molecular complexity index is 1230. The number of fused-ring (bicyclic) bond motifs is 1. The lowest BCUT2D eigenvalue weighted by Crippen LogP contribution is -2.36. The van der Waals surface area contributed by atoms with Crippen molar-refractivity contribution in [1.29, 1.82) is 0 Å². The van der Waals surface area contributed by atoms with E-state index < -0.39 is 0 Å². The summed E-state index contributed by atoms with van der Waals surface area (Å²) in [7, 11) is 1.64. The number of rotatable bonds is 6. The molecule has 2 aromatic heterocycles. The number of amides is 1. The van der Waals surface area contributed by atoms with Crippen molar-refractivity contribution >= 4 is 49.6 Å². The minimum absolute atomic E-state index is 0.0890. The van der Waals surface area contributed by atoms with E-state index in [1.807, 2.05) is 47.8 Å². The fraction of sp³-hybridized carbons (Fsp3) is 0.261. The minimum Gasteiger partial charge on any atom is -0.497 e. The largest absolute Gasteiger partial charge is 0.497 e. The van der Waals surface area contributed by atoms with Gasteiger partial charge in [-0.25, -0.2) is 9.97 Å². The molecule has 0 unspecified atom stereocenters. The van der Waals surface area contributed by atoms with Crippen molar-refractivity contribution in [2.75, 3.05) is 43.6 Å². The van der Waals surface area contributed by atoms with Crippen molar-refractivity contribution in [1.82, 2.24) is 9.97 Å². The highest BCUT2D eigenvalue weighted by molar-refractivity contribution is 7.22. The zero-order chi connectivity index (χ0) is 21.9. The highest BCUT2D eigenvalue weighted by atomic mass is 32.1. The minimum atomic E-state index is -0.0890. The van der Waals surface area contributed by atoms with Gasteiger partial charge < -0.3 is 19.7 Å². The molecule has 1 saturated heterocycles. The van der Waals surface area contributed by atoms with Gasteiger partial charge in [-0.3, -0.25) is 4.79 Å². The van der Waals surface area contributed by atoms with Crippen LogP contribution in [0.2, 0.25) is 0 Å². The predicted octanol–water partition coefficient (Wildman–Crippen LogP) is 4.45. The smallest absolute Gasteiger partial charge is 0.230 e. The average Bonchev–Trinajstić information content (AvgIpc) is 3.46. The van der Waals surface area contributed by atoms with Crippen LogP contribution in [0.3, 0.4) is 0 Å². The zero-order valence-electron chi connectivity index (χ0n) is 17.5. The summed E-state index contributed by atoms with van der Waals surface area (Å²) in [5.74, 6) is 0.716. The van der Waals surface area contributed by atoms with Crippen LogP contribution in [-0.4, -0.2) is 49.3 Å². The van der Waals surface area contributed by atoms with Gasteiger partial charge in [0.1, 0.15) is 10.8 Å². The topological polar surface area (TPSA) is 76.6 Å². The van der Waals surface area contributed by atoms with Crippen molar-refractivity contribution < 1.29 is 14.3 Å². The summed E-state index contributed by atoms with van der Waals surface area (Å²) in [5.41, 5.74) is 3.48. The molecular formula is C23H22N4O3S2. The lowest BCUT2D eigenvalue weighted by Gasteiger charge is -2.25. The molecule has 0 saturated carbocycles. The maximum Gasteiger partial charge on any atom is 0.230 e. The lowest BCUT2D eigenvalue weighted by atomic mass is 10.2. The van der Waals surface area contributed by atoms with Gasteiger partial charge in [-0.05, 0) is 42.5 Å². The standard InChI is InChI=1S/C23H22N4O3S2/c1-29-18-5-2-15(3-6-18)22-25-17(14-31-22)13-21(28)24-16-4-7-19-20(12-16)32-23(26-19)27-8-10-30-11-9-27/h2-7,12,14H,8-11,13H2,1H3,(H,24,28). The highest BCUT2D eigenvalue weighted by Crippen LogP contribution is 2.31. The van der Waals surface area contributed by atoms with E-state index in [1.54, 1.807) is 18.4 Å². The van der Waals surface area contributed by atoms with Gasteiger partial charge >= 0.3 is 0 Å². The van der Waals surface area contributed by atoms with E-state index >= 15 is 0 Å². The second-order valence-electron chi connectivity index (χ2n) is 7.38. The number of carbonyl (C=O) groups excluding carboxylic acids is 1. The number of nitrogens with one attached hydrogen (secondary N) is 1. The number of morpholine rings is 1. The van der Waals surface area contributed by atoms with E-state index in [9.17, 15) is 4.79 Å². The summed E-state index contributed by atoms with van der Waals surface area (Å²) in [6.45, 7) is 3.17. The Hall–Kier alpha value is -3.01. The van der Waals surface area contributed by atoms with Crippen molar-refractivity contribution in [2.45, 2.75) is 6.42 Å². The van der Waals surface area contributed by atoms with Crippen LogP contribution in [0.25, 0.3) is 20.8 Å². The molecule has 1 aliphatic heterocycles. The van der Waals surface area contributed by atoms with E-state index in [0.717, 1.165) is 69.4 Å². The Balaban J connectivity index is 1.24. The van der Waals surface area contributed by atoms with E-state index in [0.29, 0.717) is 0 Å². The molecule has 0 bridgehead atoms. The monoisotopic (exact) mass is 466 g/mol. The maximum atomic E-state index is 12.6. The first-order valence-corrected chi connectivity index (χ1v) is 12.0. The quantitative estimate of drug-likeness (QED) is 0.453. The molecule has 164 valence electrons. The van der Waals surface area contributed by atoms with Crippen LogP contribution in [0.4, 0.5) is 10.8 Å². The number of aromatic nitrogens is 2. The van der Waals surface area contributed by atoms with Gasteiger partial charge in [0.2, 0.25) is 5.91 Å². The first-order chi connectivity index (χ1) is 15.7. The van der Waals surface area contributed by atoms with Crippen molar-refractivity contribution in [3.63, 3.8) is 0 Å². The predicted molar refractivity (Wildman–Crippen MR) is 129 cm³/mol. The molecule has 5 rings (SSSR count). The van der Waals surface area contributed by atoms with Gasteiger partial charge in [0.15, 0.2) is 5.13 Å². The number of anilines is 2. The summed E-state index contributed by atoms with van der Waals surface area (Å²) >= 11 is 3.17. The van der Waals surface area contributed by atoms with Crippen LogP contribution in [-0.2, 0) is 16.0 Å². The molecule has 0 spiro atoms. The van der Waals surface area contributed by atoms with Crippen LogP contribution >= 0.6 is 22.7 Å². The third kappa shape index (κ3) is 4.59. The number of hydrogen-bond acceptors (Lipinski definition) is 8. The Morgan fingerprint density at radius 2 is 1.97 bits per heavy atom. The van der Waals surface area contributed by atoms with Crippen molar-refractivity contribution in [3.05, 3.63) is 53.5 Å². The summed E-state index contributed by atoms with van der Waals surface area (Å²) in [6, 6.07) is 13.6. The van der Waals surface area contributed by atoms with Gasteiger partial charge in [0, 0.05) is 29.7 Å². The molecule has 2 aromatic carbocycles. The molecule has 0 aliphatic carbocycles. The van der Waals surface area contributed by atoms with Crippen molar-refractivity contribution in [3.8, 4) is 16.3 Å². The molecule has 0 radical (unpaired) electrons. The summed E-state index contributed by atoms with van der Waals surface area (Å²) < 4.78 is 11.7.